The molecular formula is C26H34Hf-2. The molecule has 2 aliphatic rings. The van der Waals surface area contributed by atoms with Crippen LogP contribution >= 0.6 is 0 Å². The Morgan fingerprint density at radius 1 is 0.963 bits per heavy atom. The number of benzene rings is 1. The van der Waals surface area contributed by atoms with Crippen molar-refractivity contribution in [3.8, 4) is 0 Å². The van der Waals surface area contributed by atoms with E-state index in [9.17, 15) is 0 Å². The van der Waals surface area contributed by atoms with Gasteiger partial charge in [0, 0.05) is 25.8 Å². The minimum atomic E-state index is 0. The minimum absolute atomic E-state index is 0. The van der Waals surface area contributed by atoms with E-state index in [0.717, 1.165) is 6.42 Å². The third-order valence-corrected chi connectivity index (χ3v) is 6.76. The van der Waals surface area contributed by atoms with Crippen molar-refractivity contribution in [2.24, 2.45) is 0 Å². The predicted molar refractivity (Wildman–Crippen MR) is 114 cm³/mol. The molecule has 2 aromatic carbocycles. The van der Waals surface area contributed by atoms with Crippen LogP contribution in [0, 0.1) is 40.7 Å². The fraction of sp³-hybridized carbons (Fsp3) is 0.500. The number of hydrogen-bond donors (Lipinski definition) is 0. The van der Waals surface area contributed by atoms with Crippen LogP contribution in [-0.2, 0) is 45.1 Å². The second-order valence-electron chi connectivity index (χ2n) is 8.15. The molecular weight excluding hydrogens is 491 g/mol. The van der Waals surface area contributed by atoms with Gasteiger partial charge in [0.05, 0.1) is 0 Å². The molecule has 0 N–H and O–H groups in total. The molecule has 0 heterocycles. The van der Waals surface area contributed by atoms with Crippen molar-refractivity contribution in [2.75, 3.05) is 0 Å². The van der Waals surface area contributed by atoms with Crippen LogP contribution in [-0.4, -0.2) is 0 Å². The Morgan fingerprint density at radius 3 is 2.15 bits per heavy atom. The van der Waals surface area contributed by atoms with E-state index < -0.39 is 0 Å². The van der Waals surface area contributed by atoms with E-state index in [4.69, 9.17) is 0 Å². The van der Waals surface area contributed by atoms with Gasteiger partial charge >= 0.3 is 0 Å². The van der Waals surface area contributed by atoms with Crippen molar-refractivity contribution in [1.82, 2.24) is 0 Å². The van der Waals surface area contributed by atoms with E-state index >= 15 is 0 Å². The van der Waals surface area contributed by atoms with Crippen LogP contribution in [0.5, 0.6) is 0 Å². The van der Waals surface area contributed by atoms with Gasteiger partial charge < -0.3 is 0 Å². The molecule has 0 aromatic heterocycles. The Labute approximate surface area is 185 Å². The van der Waals surface area contributed by atoms with Crippen molar-refractivity contribution < 1.29 is 25.8 Å². The molecule has 0 saturated heterocycles. The van der Waals surface area contributed by atoms with Crippen LogP contribution in [0.25, 0.3) is 5.57 Å². The van der Waals surface area contributed by atoms with Gasteiger partial charge in [-0.25, -0.2) is 5.57 Å². The first-order chi connectivity index (χ1) is 12.5. The smallest absolute Gasteiger partial charge is 0 e. The van der Waals surface area contributed by atoms with Crippen LogP contribution in [0.1, 0.15) is 82.7 Å². The molecule has 0 bridgehead atoms. The van der Waals surface area contributed by atoms with Crippen LogP contribution in [0.4, 0.5) is 0 Å². The summed E-state index contributed by atoms with van der Waals surface area (Å²) in [7, 11) is 0. The van der Waals surface area contributed by atoms with Crippen molar-refractivity contribution >= 4 is 5.57 Å². The van der Waals surface area contributed by atoms with Crippen LogP contribution in [0.15, 0.2) is 12.1 Å². The Bertz CT molecular complexity index is 752. The summed E-state index contributed by atoms with van der Waals surface area (Å²) in [6.07, 6.45) is 12.4. The third-order valence-electron chi connectivity index (χ3n) is 6.76. The monoisotopic (exact) mass is 526 g/mol. The van der Waals surface area contributed by atoms with E-state index in [-0.39, 0.29) is 25.8 Å². The molecule has 144 valence electrons. The van der Waals surface area contributed by atoms with Gasteiger partial charge in [0.15, 0.2) is 0 Å². The predicted octanol–water partition coefficient (Wildman–Crippen LogP) is 7.05. The number of allylic oxidation sites excluding steroid dienone is 2. The maximum atomic E-state index is 3.60. The van der Waals surface area contributed by atoms with Crippen molar-refractivity contribution in [3.63, 3.8) is 0 Å². The van der Waals surface area contributed by atoms with Crippen LogP contribution in [0.3, 0.4) is 0 Å². The Morgan fingerprint density at radius 2 is 1.59 bits per heavy atom. The van der Waals surface area contributed by atoms with E-state index in [1.54, 1.807) is 16.7 Å². The van der Waals surface area contributed by atoms with E-state index in [2.05, 4.69) is 59.8 Å². The zero-order valence-electron chi connectivity index (χ0n) is 18.1. The molecule has 4 rings (SSSR count). The van der Waals surface area contributed by atoms with Gasteiger partial charge in [-0.3, -0.25) is 6.08 Å². The maximum absolute atomic E-state index is 3.60. The Kier molecular flexibility index (Phi) is 7.98. The molecule has 27 heavy (non-hydrogen) atoms. The van der Waals surface area contributed by atoms with Gasteiger partial charge in [0.2, 0.25) is 0 Å². The molecule has 2 aliphatic carbocycles. The van der Waals surface area contributed by atoms with Crippen molar-refractivity contribution in [3.05, 3.63) is 68.3 Å². The molecule has 0 aliphatic heterocycles. The topological polar surface area (TPSA) is 0 Å². The first-order valence-electron chi connectivity index (χ1n) is 10.4. The molecule has 0 nitrogen and oxygen atoms in total. The fourth-order valence-corrected chi connectivity index (χ4v) is 4.50. The third kappa shape index (κ3) is 4.44. The Hall–Kier alpha value is -0.820. The molecule has 0 amide bonds. The quantitative estimate of drug-likeness (QED) is 0.298. The first-order valence-corrected chi connectivity index (χ1v) is 10.4. The molecule has 0 fully saturated rings. The van der Waals surface area contributed by atoms with Gasteiger partial charge in [-0.1, -0.05) is 78.5 Å². The molecule has 0 saturated carbocycles. The summed E-state index contributed by atoms with van der Waals surface area (Å²) in [4.78, 5) is 0. The summed E-state index contributed by atoms with van der Waals surface area (Å²) in [6.45, 7) is 13.3. The second kappa shape index (κ2) is 9.59. The first kappa shape index (κ1) is 22.5. The normalized spacial score (nSPS) is 14.1. The number of rotatable bonds is 3. The van der Waals surface area contributed by atoms with Crippen molar-refractivity contribution in [2.45, 2.75) is 86.5 Å². The number of fused-ring (bicyclic) bond motifs is 3. The summed E-state index contributed by atoms with van der Waals surface area (Å²) in [6, 6.07) is 4.69. The number of hydrogen-bond acceptors (Lipinski definition) is 0. The molecule has 2 aromatic rings. The van der Waals surface area contributed by atoms with Crippen LogP contribution < -0.4 is 0 Å². The zero-order chi connectivity index (χ0) is 18.8. The number of unbranched alkanes of at least 4 members (excludes halogenated alkanes) is 1. The van der Waals surface area contributed by atoms with E-state index in [1.807, 2.05) is 0 Å². The van der Waals surface area contributed by atoms with E-state index in [0.29, 0.717) is 0 Å². The van der Waals surface area contributed by atoms with Gasteiger partial charge in [0.1, 0.15) is 0 Å². The summed E-state index contributed by atoms with van der Waals surface area (Å²) >= 11 is 0. The molecule has 1 heteroatoms. The molecule has 0 spiro atoms. The zero-order valence-corrected chi connectivity index (χ0v) is 21.7. The minimum Gasteiger partial charge on any atom is -0.268 e. The Balaban J connectivity index is 0.000000208. The summed E-state index contributed by atoms with van der Waals surface area (Å²) in [5.41, 5.74) is 15.3. The van der Waals surface area contributed by atoms with Gasteiger partial charge in [-0.15, -0.1) is 17.5 Å². The summed E-state index contributed by atoms with van der Waals surface area (Å²) < 4.78 is 0. The standard InChI is InChI=1S/C16H19.C10H15.Hf/c1-2-3-5-13-10-11-14-9-8-12-6-4-7-15(12)16(13)14;1-6-7(2)9(4)10(5)8(6)3;/h8-9H,2-7,11H2,1H3;1-5H3;/q2*-1;. The van der Waals surface area contributed by atoms with Crippen LogP contribution in [0.2, 0.25) is 0 Å². The fourth-order valence-electron chi connectivity index (χ4n) is 4.50. The largest absolute Gasteiger partial charge is 0.268 e. The van der Waals surface area contributed by atoms with Crippen molar-refractivity contribution in [1.29, 1.82) is 0 Å². The van der Waals surface area contributed by atoms with Gasteiger partial charge in [-0.05, 0) is 19.3 Å². The second-order valence-corrected chi connectivity index (χ2v) is 8.15. The molecule has 0 radical (unpaired) electrons. The van der Waals surface area contributed by atoms with Gasteiger partial charge in [0.25, 0.3) is 0 Å². The average molecular weight is 525 g/mol. The molecule has 0 unspecified atom stereocenters. The SMILES string of the molecule is CCCCC1=[C-]Cc2ccc3c(c21)CCC3.Cc1c(C)c(C)[c-](C)c1C.[Hf]. The molecule has 0 atom stereocenters. The van der Waals surface area contributed by atoms with Gasteiger partial charge in [-0.2, -0.15) is 33.4 Å². The maximum Gasteiger partial charge on any atom is 0 e. The average Bonchev–Trinajstić information content (AvgIpc) is 3.32. The van der Waals surface area contributed by atoms with E-state index in [1.165, 1.54) is 77.5 Å². The summed E-state index contributed by atoms with van der Waals surface area (Å²) in [5, 5.41) is 0. The number of aryl methyl sites for hydroxylation is 1. The summed E-state index contributed by atoms with van der Waals surface area (Å²) in [5.74, 6) is 0.